The van der Waals surface area contributed by atoms with E-state index in [9.17, 15) is 13.2 Å². The molecule has 0 spiro atoms. The molecule has 4 rings (SSSR count). The summed E-state index contributed by atoms with van der Waals surface area (Å²) in [6.45, 7) is 2.00. The fourth-order valence-corrected chi connectivity index (χ4v) is 4.61. The van der Waals surface area contributed by atoms with Crippen LogP contribution in [0.3, 0.4) is 0 Å². The van der Waals surface area contributed by atoms with Crippen molar-refractivity contribution in [1.29, 1.82) is 0 Å². The summed E-state index contributed by atoms with van der Waals surface area (Å²) in [5.41, 5.74) is 0.436. The Bertz CT molecular complexity index is 1160. The maximum absolute atomic E-state index is 12.5. The van der Waals surface area contributed by atoms with E-state index >= 15 is 0 Å². The van der Waals surface area contributed by atoms with Crippen LogP contribution in [-0.4, -0.2) is 37.2 Å². The molecule has 1 aliphatic heterocycles. The molecule has 1 atom stereocenters. The number of para-hydroxylation sites is 2. The zero-order chi connectivity index (χ0) is 21.1. The molecular formula is C19H18N4O5S2. The van der Waals surface area contributed by atoms with Crippen molar-refractivity contribution in [2.45, 2.75) is 24.3 Å². The van der Waals surface area contributed by atoms with Crippen molar-refractivity contribution >= 4 is 38.1 Å². The Labute approximate surface area is 177 Å². The number of hydrogen-bond donors (Lipinski definition) is 2. The number of aryl methyl sites for hydroxylation is 1. The monoisotopic (exact) mass is 446 g/mol. The highest BCUT2D eigenvalue weighted by Crippen LogP contribution is 2.31. The smallest absolute Gasteiger partial charge is 0.269 e. The highest BCUT2D eigenvalue weighted by atomic mass is 32.2. The van der Waals surface area contributed by atoms with E-state index < -0.39 is 16.1 Å². The molecule has 0 saturated carbocycles. The number of carbonyl (C=O) groups excluding carboxylic acids is 1. The Morgan fingerprint density at radius 2 is 1.87 bits per heavy atom. The minimum absolute atomic E-state index is 0.0416. The lowest BCUT2D eigenvalue weighted by Crippen LogP contribution is -2.40. The first-order valence-corrected chi connectivity index (χ1v) is 11.4. The summed E-state index contributed by atoms with van der Waals surface area (Å²) >= 11 is 1.18. The summed E-state index contributed by atoms with van der Waals surface area (Å²) in [7, 11) is -3.81. The number of anilines is 2. The van der Waals surface area contributed by atoms with Gasteiger partial charge in [0.1, 0.15) is 11.6 Å². The quantitative estimate of drug-likeness (QED) is 0.597. The first-order chi connectivity index (χ1) is 14.4. The minimum atomic E-state index is -3.81. The number of aromatic nitrogens is 2. The van der Waals surface area contributed by atoms with Crippen molar-refractivity contribution in [3.63, 3.8) is 0 Å². The summed E-state index contributed by atoms with van der Waals surface area (Å²) in [6, 6.07) is 12.9. The van der Waals surface area contributed by atoms with E-state index in [1.807, 2.05) is 13.0 Å². The van der Waals surface area contributed by atoms with Gasteiger partial charge in [0.05, 0.1) is 4.90 Å². The van der Waals surface area contributed by atoms with Gasteiger partial charge in [0.25, 0.3) is 15.9 Å². The number of benzene rings is 2. The van der Waals surface area contributed by atoms with Gasteiger partial charge in [-0.2, -0.15) is 0 Å². The zero-order valence-electron chi connectivity index (χ0n) is 15.9. The molecule has 2 aromatic carbocycles. The summed E-state index contributed by atoms with van der Waals surface area (Å²) in [4.78, 5) is 12.5. The molecule has 2 heterocycles. The number of ether oxygens (including phenoxy) is 2. The number of fused-ring (bicyclic) bond motifs is 1. The van der Waals surface area contributed by atoms with Gasteiger partial charge in [0.2, 0.25) is 11.2 Å². The first-order valence-electron chi connectivity index (χ1n) is 9.09. The lowest BCUT2D eigenvalue weighted by molar-refractivity contribution is -0.125. The van der Waals surface area contributed by atoms with Gasteiger partial charge in [-0.15, -0.1) is 10.2 Å². The van der Waals surface area contributed by atoms with E-state index in [1.54, 1.807) is 18.2 Å². The van der Waals surface area contributed by atoms with Crippen LogP contribution < -0.4 is 19.5 Å². The van der Waals surface area contributed by atoms with Gasteiger partial charge in [0.15, 0.2) is 11.5 Å². The van der Waals surface area contributed by atoms with Gasteiger partial charge in [-0.05, 0) is 42.8 Å². The van der Waals surface area contributed by atoms with Crippen LogP contribution in [0.25, 0.3) is 0 Å². The molecule has 1 aliphatic rings. The summed E-state index contributed by atoms with van der Waals surface area (Å²) < 4.78 is 38.6. The van der Waals surface area contributed by atoms with Crippen LogP contribution in [0.1, 0.15) is 11.9 Å². The van der Waals surface area contributed by atoms with Gasteiger partial charge in [0, 0.05) is 5.69 Å². The third kappa shape index (κ3) is 4.36. The van der Waals surface area contributed by atoms with E-state index in [4.69, 9.17) is 9.47 Å². The second-order valence-electron chi connectivity index (χ2n) is 6.34. The molecule has 2 N–H and O–H groups in total. The third-order valence-electron chi connectivity index (χ3n) is 4.22. The molecule has 0 unspecified atom stereocenters. The molecule has 9 nitrogen and oxygen atoms in total. The lowest BCUT2D eigenvalue weighted by atomic mass is 10.2. The number of rotatable bonds is 6. The molecule has 1 aromatic heterocycles. The van der Waals surface area contributed by atoms with Crippen molar-refractivity contribution in [1.82, 2.24) is 10.2 Å². The maximum atomic E-state index is 12.5. The molecule has 156 valence electrons. The van der Waals surface area contributed by atoms with Crippen LogP contribution in [0.5, 0.6) is 11.5 Å². The molecule has 0 saturated heterocycles. The molecule has 30 heavy (non-hydrogen) atoms. The highest BCUT2D eigenvalue weighted by molar-refractivity contribution is 7.93. The van der Waals surface area contributed by atoms with Crippen molar-refractivity contribution in [3.05, 3.63) is 53.5 Å². The number of amides is 1. The predicted molar refractivity (Wildman–Crippen MR) is 112 cm³/mol. The fourth-order valence-electron chi connectivity index (χ4n) is 2.70. The highest BCUT2D eigenvalue weighted by Gasteiger charge is 2.27. The molecule has 3 aromatic rings. The summed E-state index contributed by atoms with van der Waals surface area (Å²) in [5.74, 6) is 0.698. The molecule has 0 fully saturated rings. The van der Waals surface area contributed by atoms with E-state index in [1.165, 1.54) is 35.6 Å². The van der Waals surface area contributed by atoms with E-state index in [0.29, 0.717) is 23.6 Å². The Hall–Kier alpha value is -3.18. The predicted octanol–water partition coefficient (Wildman–Crippen LogP) is 2.68. The SMILES string of the molecule is CCc1nnc(NS(=O)(=O)c2ccc(NC(=O)[C@H]3COc4ccccc4O3)cc2)s1. The standard InChI is InChI=1S/C19H18N4O5S2/c1-2-17-21-22-19(29-17)23-30(25,26)13-9-7-12(8-10-13)20-18(24)16-11-27-14-5-3-4-6-15(14)28-16/h3-10,16H,2,11H2,1H3,(H,20,24)(H,22,23)/t16-/m1/s1. The first kappa shape index (κ1) is 20.1. The molecule has 11 heteroatoms. The molecule has 0 radical (unpaired) electrons. The average molecular weight is 447 g/mol. The van der Waals surface area contributed by atoms with Gasteiger partial charge in [-0.3, -0.25) is 9.52 Å². The van der Waals surface area contributed by atoms with Crippen molar-refractivity contribution in [2.24, 2.45) is 0 Å². The zero-order valence-corrected chi connectivity index (χ0v) is 17.5. The average Bonchev–Trinajstić information content (AvgIpc) is 3.20. The van der Waals surface area contributed by atoms with Crippen LogP contribution in [0.15, 0.2) is 53.4 Å². The molecular weight excluding hydrogens is 428 g/mol. The largest absolute Gasteiger partial charge is 0.485 e. The van der Waals surface area contributed by atoms with Gasteiger partial charge in [-0.25, -0.2) is 8.42 Å². The number of nitrogens with one attached hydrogen (secondary N) is 2. The van der Waals surface area contributed by atoms with E-state index in [2.05, 4.69) is 20.2 Å². The Morgan fingerprint density at radius 3 is 2.57 bits per heavy atom. The van der Waals surface area contributed by atoms with Gasteiger partial charge < -0.3 is 14.8 Å². The van der Waals surface area contributed by atoms with Crippen LogP contribution in [-0.2, 0) is 21.2 Å². The number of carbonyl (C=O) groups is 1. The molecule has 0 bridgehead atoms. The molecule has 0 aliphatic carbocycles. The van der Waals surface area contributed by atoms with Crippen molar-refractivity contribution < 1.29 is 22.7 Å². The van der Waals surface area contributed by atoms with Gasteiger partial charge in [-0.1, -0.05) is 30.4 Å². The minimum Gasteiger partial charge on any atom is -0.485 e. The number of nitrogens with zero attached hydrogens (tertiary/aromatic N) is 2. The number of sulfonamides is 1. The third-order valence-corrected chi connectivity index (χ3v) is 6.69. The van der Waals surface area contributed by atoms with Crippen molar-refractivity contribution in [3.8, 4) is 11.5 Å². The second kappa shape index (κ2) is 8.28. The summed E-state index contributed by atoms with van der Waals surface area (Å²) in [5, 5.41) is 11.4. The second-order valence-corrected chi connectivity index (χ2v) is 9.08. The lowest BCUT2D eigenvalue weighted by Gasteiger charge is -2.25. The van der Waals surface area contributed by atoms with Crippen LogP contribution in [0, 0.1) is 0 Å². The Kier molecular flexibility index (Phi) is 5.55. The Balaban J connectivity index is 1.40. The fraction of sp³-hybridized carbons (Fsp3) is 0.211. The normalized spacial score (nSPS) is 15.4. The topological polar surface area (TPSA) is 120 Å². The van der Waals surface area contributed by atoms with Crippen LogP contribution in [0.4, 0.5) is 10.8 Å². The summed E-state index contributed by atoms with van der Waals surface area (Å²) in [6.07, 6.45) is -0.134. The van der Waals surface area contributed by atoms with Crippen molar-refractivity contribution in [2.75, 3.05) is 16.6 Å². The van der Waals surface area contributed by atoms with Crippen LogP contribution in [0.2, 0.25) is 0 Å². The van der Waals surface area contributed by atoms with E-state index in [0.717, 1.165) is 5.01 Å². The maximum Gasteiger partial charge on any atom is 0.269 e. The van der Waals surface area contributed by atoms with Gasteiger partial charge >= 0.3 is 0 Å². The van der Waals surface area contributed by atoms with E-state index in [-0.39, 0.29) is 22.5 Å². The number of hydrogen-bond acceptors (Lipinski definition) is 8. The Morgan fingerprint density at radius 1 is 1.13 bits per heavy atom. The molecule has 1 amide bonds. The van der Waals surface area contributed by atoms with Crippen LogP contribution >= 0.6 is 11.3 Å².